The topological polar surface area (TPSA) is 95.9 Å². The first-order valence-corrected chi connectivity index (χ1v) is 11.1. The van der Waals surface area contributed by atoms with Gasteiger partial charge in [0, 0.05) is 18.0 Å². The fourth-order valence-corrected chi connectivity index (χ4v) is 4.23. The molecule has 0 saturated carbocycles. The summed E-state index contributed by atoms with van der Waals surface area (Å²) in [4.78, 5) is 38.4. The van der Waals surface area contributed by atoms with Crippen LogP contribution < -0.4 is 5.32 Å². The second-order valence-electron chi connectivity index (χ2n) is 9.85. The molecule has 0 heterocycles. The average molecular weight is 453 g/mol. The third-order valence-electron chi connectivity index (χ3n) is 5.90. The molecule has 7 heteroatoms. The van der Waals surface area contributed by atoms with Crippen LogP contribution in [0.4, 0.5) is 4.79 Å². The van der Waals surface area contributed by atoms with Gasteiger partial charge in [0.05, 0.1) is 6.42 Å². The van der Waals surface area contributed by atoms with Crippen molar-refractivity contribution in [1.82, 2.24) is 10.2 Å². The molecule has 0 aliphatic heterocycles. The number of amides is 2. The lowest BCUT2D eigenvalue weighted by Crippen LogP contribution is -2.60. The summed E-state index contributed by atoms with van der Waals surface area (Å²) in [5.74, 6) is -1.44. The van der Waals surface area contributed by atoms with Gasteiger partial charge >= 0.3 is 12.1 Å². The number of hydrogen-bond acceptors (Lipinski definition) is 4. The Morgan fingerprint density at radius 1 is 0.939 bits per heavy atom. The van der Waals surface area contributed by atoms with Crippen LogP contribution in [0.5, 0.6) is 0 Å². The van der Waals surface area contributed by atoms with Gasteiger partial charge in [-0.1, -0.05) is 48.5 Å². The first-order chi connectivity index (χ1) is 15.4. The lowest BCUT2D eigenvalue weighted by Gasteiger charge is -2.40. The summed E-state index contributed by atoms with van der Waals surface area (Å²) < 4.78 is 5.57. The predicted octanol–water partition coefficient (Wildman–Crippen LogP) is 4.41. The summed E-state index contributed by atoms with van der Waals surface area (Å²) in [6.07, 6.45) is -0.869. The Labute approximate surface area is 194 Å². The predicted molar refractivity (Wildman–Crippen MR) is 126 cm³/mol. The number of carbonyl (C=O) groups is 3. The van der Waals surface area contributed by atoms with Crippen molar-refractivity contribution in [1.29, 1.82) is 0 Å². The van der Waals surface area contributed by atoms with Crippen LogP contribution in [0.1, 0.15) is 58.1 Å². The van der Waals surface area contributed by atoms with E-state index in [1.165, 1.54) is 4.90 Å². The van der Waals surface area contributed by atoms with Crippen LogP contribution in [0.25, 0.3) is 11.1 Å². The van der Waals surface area contributed by atoms with Gasteiger partial charge in [0.15, 0.2) is 0 Å². The Balaban J connectivity index is 1.69. The largest absolute Gasteiger partial charge is 0.481 e. The minimum atomic E-state index is -1.27. The van der Waals surface area contributed by atoms with Gasteiger partial charge in [-0.2, -0.15) is 0 Å². The number of nitrogens with one attached hydrogen (secondary N) is 1. The molecule has 0 radical (unpaired) electrons. The molecule has 0 aromatic heterocycles. The van der Waals surface area contributed by atoms with Crippen molar-refractivity contribution in [2.75, 3.05) is 13.2 Å². The number of rotatable bonds is 7. The molecule has 0 fully saturated rings. The first-order valence-electron chi connectivity index (χ1n) is 11.1. The van der Waals surface area contributed by atoms with Crippen molar-refractivity contribution < 1.29 is 24.2 Å². The van der Waals surface area contributed by atoms with Gasteiger partial charge in [-0.3, -0.25) is 9.59 Å². The zero-order valence-corrected chi connectivity index (χ0v) is 19.8. The lowest BCUT2D eigenvalue weighted by atomic mass is 9.97. The van der Waals surface area contributed by atoms with Crippen LogP contribution in [0, 0.1) is 0 Å². The number of ether oxygens (including phenoxy) is 1. The van der Waals surface area contributed by atoms with Crippen molar-refractivity contribution in [3.63, 3.8) is 0 Å². The maximum absolute atomic E-state index is 13.2. The number of fused-ring (bicyclic) bond motifs is 3. The second kappa shape index (κ2) is 9.25. The van der Waals surface area contributed by atoms with Crippen LogP contribution >= 0.6 is 0 Å². The van der Waals surface area contributed by atoms with E-state index in [0.29, 0.717) is 0 Å². The molecule has 0 spiro atoms. The molecule has 2 N–H and O–H groups in total. The molecule has 0 unspecified atom stereocenters. The van der Waals surface area contributed by atoms with Gasteiger partial charge < -0.3 is 20.1 Å². The summed E-state index contributed by atoms with van der Waals surface area (Å²) >= 11 is 0. The van der Waals surface area contributed by atoms with Gasteiger partial charge in [0.25, 0.3) is 0 Å². The van der Waals surface area contributed by atoms with Crippen LogP contribution in [-0.2, 0) is 14.3 Å². The van der Waals surface area contributed by atoms with Crippen LogP contribution in [-0.4, -0.2) is 52.2 Å². The SMILES string of the molecule is CC(C)(NC(=O)OCC1c2ccccc2-c2ccccc21)C(=O)N(CCC(=O)O)C(C)(C)C. The minimum absolute atomic E-state index is 0.0491. The lowest BCUT2D eigenvalue weighted by molar-refractivity contribution is -0.144. The number of alkyl carbamates (subject to hydrolysis) is 1. The van der Waals surface area contributed by atoms with E-state index in [1.807, 2.05) is 57.2 Å². The Morgan fingerprint density at radius 3 is 1.94 bits per heavy atom. The third-order valence-corrected chi connectivity index (χ3v) is 5.90. The minimum Gasteiger partial charge on any atom is -0.481 e. The number of hydrogen-bond donors (Lipinski definition) is 2. The normalized spacial score (nSPS) is 13.1. The van der Waals surface area contributed by atoms with Gasteiger partial charge in [-0.25, -0.2) is 4.79 Å². The smallest absolute Gasteiger partial charge is 0.408 e. The number of benzene rings is 2. The van der Waals surface area contributed by atoms with Crippen molar-refractivity contribution in [3.8, 4) is 11.1 Å². The summed E-state index contributed by atoms with van der Waals surface area (Å²) in [5, 5.41) is 11.7. The number of aliphatic carboxylic acids is 1. The molecule has 176 valence electrons. The Hall–Kier alpha value is -3.35. The molecule has 1 aliphatic rings. The van der Waals surface area contributed by atoms with E-state index in [-0.39, 0.29) is 31.4 Å². The average Bonchev–Trinajstić information content (AvgIpc) is 3.04. The highest BCUT2D eigenvalue weighted by molar-refractivity contribution is 5.90. The van der Waals surface area contributed by atoms with Crippen molar-refractivity contribution in [2.24, 2.45) is 0 Å². The fraction of sp³-hybridized carbons (Fsp3) is 0.423. The van der Waals surface area contributed by atoms with E-state index in [4.69, 9.17) is 9.84 Å². The van der Waals surface area contributed by atoms with Crippen molar-refractivity contribution >= 4 is 18.0 Å². The number of carboxylic acids is 1. The van der Waals surface area contributed by atoms with E-state index in [9.17, 15) is 14.4 Å². The Kier molecular flexibility index (Phi) is 6.81. The van der Waals surface area contributed by atoms with Crippen molar-refractivity contribution in [2.45, 2.75) is 58.0 Å². The van der Waals surface area contributed by atoms with Crippen LogP contribution in [0.3, 0.4) is 0 Å². The molecule has 0 bridgehead atoms. The Bertz CT molecular complexity index is 1010. The van der Waals surface area contributed by atoms with E-state index in [2.05, 4.69) is 17.4 Å². The molecular formula is C26H32N2O5. The highest BCUT2D eigenvalue weighted by Gasteiger charge is 2.39. The molecule has 0 atom stereocenters. The highest BCUT2D eigenvalue weighted by atomic mass is 16.5. The van der Waals surface area contributed by atoms with Gasteiger partial charge in [0.2, 0.25) is 5.91 Å². The molecule has 7 nitrogen and oxygen atoms in total. The third kappa shape index (κ3) is 5.35. The van der Waals surface area contributed by atoms with Crippen molar-refractivity contribution in [3.05, 3.63) is 59.7 Å². The van der Waals surface area contributed by atoms with E-state index in [1.54, 1.807) is 13.8 Å². The maximum atomic E-state index is 13.2. The van der Waals surface area contributed by atoms with Crippen LogP contribution in [0.15, 0.2) is 48.5 Å². The van der Waals surface area contributed by atoms with Gasteiger partial charge in [0.1, 0.15) is 12.1 Å². The molecule has 2 aromatic carbocycles. The quantitative estimate of drug-likeness (QED) is 0.649. The first kappa shape index (κ1) is 24.3. The molecule has 1 aliphatic carbocycles. The standard InChI is InChI=1S/C26H32N2O5/c1-25(2,3)28(15-14-22(29)30)23(31)26(4,5)27-24(32)33-16-21-19-12-8-6-10-17(19)18-11-7-9-13-20(18)21/h6-13,21H,14-16H2,1-5H3,(H,27,32)(H,29,30). The summed E-state index contributed by atoms with van der Waals surface area (Å²) in [6.45, 7) is 8.87. The molecular weight excluding hydrogens is 420 g/mol. The number of carbonyl (C=O) groups excluding carboxylic acids is 2. The zero-order chi connectivity index (χ0) is 24.4. The molecule has 2 amide bonds. The monoisotopic (exact) mass is 452 g/mol. The maximum Gasteiger partial charge on any atom is 0.408 e. The summed E-state index contributed by atoms with van der Waals surface area (Å²) in [5.41, 5.74) is 2.61. The summed E-state index contributed by atoms with van der Waals surface area (Å²) in [7, 11) is 0. The van der Waals surface area contributed by atoms with E-state index >= 15 is 0 Å². The molecule has 0 saturated heterocycles. The van der Waals surface area contributed by atoms with E-state index < -0.39 is 23.1 Å². The fourth-order valence-electron chi connectivity index (χ4n) is 4.23. The summed E-state index contributed by atoms with van der Waals surface area (Å²) in [6, 6.07) is 16.1. The van der Waals surface area contributed by atoms with Crippen LogP contribution in [0.2, 0.25) is 0 Å². The highest BCUT2D eigenvalue weighted by Crippen LogP contribution is 2.44. The number of nitrogens with zero attached hydrogens (tertiary/aromatic N) is 1. The molecule has 33 heavy (non-hydrogen) atoms. The Morgan fingerprint density at radius 2 is 1.45 bits per heavy atom. The molecule has 2 aromatic rings. The van der Waals surface area contributed by atoms with Gasteiger partial charge in [-0.15, -0.1) is 0 Å². The second-order valence-corrected chi connectivity index (χ2v) is 9.85. The zero-order valence-electron chi connectivity index (χ0n) is 19.8. The van der Waals surface area contributed by atoms with Gasteiger partial charge in [-0.05, 0) is 56.9 Å². The number of carboxylic acid groups (broad SMARTS) is 1. The molecule has 3 rings (SSSR count). The van der Waals surface area contributed by atoms with E-state index in [0.717, 1.165) is 22.3 Å².